The normalized spacial score (nSPS) is 15.2. The van der Waals surface area contributed by atoms with E-state index >= 15 is 0 Å². The maximum absolute atomic E-state index is 14.3. The molecule has 6 atom stereocenters. The first-order chi connectivity index (χ1) is 26.0. The number of allylic oxidation sites excluding steroid dienone is 2. The van der Waals surface area contributed by atoms with Gasteiger partial charge >= 0.3 is 5.97 Å². The average molecular weight is 838 g/mol. The molecule has 0 aliphatic heterocycles. The standard InChI is InChI=1S/C39H65BrN8O7/c1-6-7-8-11-20-39(5,38(55)47-31(24-27-16-18-28(40)19-17-27)35(51)46-32(37(53)54)23-25(2)3)48-36(52)30(15-10-13-22-42)45-34(50)29(14-9-12-21-41)44-33(49)26(4)43/h6-7,16-19,25-26,29-32H,8-15,20-24,41-43H2,1-5H3,(H,44,49)(H,45,50)(H,46,51)(H,47,55)(H,48,52)(H,53,54)/b7-6-/t26-,29-,30-,31-,32-,39?/m0/s1. The van der Waals surface area contributed by atoms with Gasteiger partial charge in [-0.1, -0.05) is 54.1 Å². The number of amides is 5. The van der Waals surface area contributed by atoms with Gasteiger partial charge in [0.05, 0.1) is 6.04 Å². The third-order valence-electron chi connectivity index (χ3n) is 9.05. The molecule has 0 radical (unpaired) electrons. The van der Waals surface area contributed by atoms with Gasteiger partial charge in [-0.25, -0.2) is 4.79 Å². The number of hydrogen-bond donors (Lipinski definition) is 9. The highest BCUT2D eigenvalue weighted by molar-refractivity contribution is 9.10. The second kappa shape index (κ2) is 26.1. The van der Waals surface area contributed by atoms with E-state index in [1.165, 1.54) is 6.92 Å². The predicted octanol–water partition coefficient (Wildman–Crippen LogP) is 2.29. The number of carbonyl (C=O) groups excluding carboxylic acids is 5. The molecule has 0 aliphatic carbocycles. The number of carboxylic acid groups (broad SMARTS) is 1. The molecule has 55 heavy (non-hydrogen) atoms. The van der Waals surface area contributed by atoms with E-state index in [1.807, 2.05) is 32.9 Å². The van der Waals surface area contributed by atoms with Crippen LogP contribution in [0, 0.1) is 5.92 Å². The van der Waals surface area contributed by atoms with E-state index in [1.54, 1.807) is 31.2 Å². The maximum Gasteiger partial charge on any atom is 0.326 e. The molecule has 1 aromatic carbocycles. The molecule has 15 nitrogen and oxygen atoms in total. The number of aliphatic carboxylic acids is 1. The SMILES string of the molecule is C/C=C\CCCC(C)(NC(=O)[C@H](CCCCN)NC(=O)[C@H](CCCCN)NC(=O)[C@H](C)N)C(=O)N[C@@H](Cc1ccc(Br)cc1)C(=O)N[C@@H](CC(C)C)C(=O)O. The van der Waals surface area contributed by atoms with Crippen molar-refractivity contribution in [1.82, 2.24) is 26.6 Å². The van der Waals surface area contributed by atoms with Gasteiger partial charge in [0.15, 0.2) is 0 Å². The Morgan fingerprint density at radius 1 is 0.764 bits per heavy atom. The number of unbranched alkanes of at least 4 members (excludes halogenated alkanes) is 3. The Balaban J connectivity index is 3.52. The van der Waals surface area contributed by atoms with Gasteiger partial charge in [-0.3, -0.25) is 24.0 Å². The number of carbonyl (C=O) groups is 6. The Kier molecular flexibility index (Phi) is 23.3. The Morgan fingerprint density at radius 2 is 1.29 bits per heavy atom. The average Bonchev–Trinajstić information content (AvgIpc) is 3.12. The molecule has 0 aromatic heterocycles. The van der Waals surface area contributed by atoms with Crippen LogP contribution in [0.5, 0.6) is 0 Å². The molecule has 0 spiro atoms. The highest BCUT2D eigenvalue weighted by atomic mass is 79.9. The monoisotopic (exact) mass is 836 g/mol. The van der Waals surface area contributed by atoms with Crippen molar-refractivity contribution >= 4 is 51.4 Å². The van der Waals surface area contributed by atoms with Crippen LogP contribution in [0.25, 0.3) is 0 Å². The fraction of sp³-hybridized carbons (Fsp3) is 0.641. The zero-order valence-corrected chi connectivity index (χ0v) is 34.7. The van der Waals surface area contributed by atoms with Crippen molar-refractivity contribution in [3.63, 3.8) is 0 Å². The molecule has 310 valence electrons. The van der Waals surface area contributed by atoms with E-state index in [9.17, 15) is 33.9 Å². The summed E-state index contributed by atoms with van der Waals surface area (Å²) in [6.45, 7) is 9.38. The van der Waals surface area contributed by atoms with Gasteiger partial charge in [0, 0.05) is 10.9 Å². The lowest BCUT2D eigenvalue weighted by Crippen LogP contribution is -2.64. The van der Waals surface area contributed by atoms with Gasteiger partial charge < -0.3 is 48.9 Å². The summed E-state index contributed by atoms with van der Waals surface area (Å²) < 4.78 is 0.812. The molecule has 0 bridgehead atoms. The molecule has 1 aromatic rings. The van der Waals surface area contributed by atoms with Crippen LogP contribution < -0.4 is 43.8 Å². The lowest BCUT2D eigenvalue weighted by molar-refractivity contribution is -0.143. The van der Waals surface area contributed by atoms with Gasteiger partial charge in [0.1, 0.15) is 29.7 Å². The van der Waals surface area contributed by atoms with E-state index in [4.69, 9.17) is 17.2 Å². The summed E-state index contributed by atoms with van der Waals surface area (Å²) in [5.41, 5.74) is 16.3. The summed E-state index contributed by atoms with van der Waals surface area (Å²) >= 11 is 3.40. The first-order valence-corrected chi connectivity index (χ1v) is 20.0. The van der Waals surface area contributed by atoms with Crippen LogP contribution in [0.1, 0.15) is 104 Å². The minimum absolute atomic E-state index is 0.0309. The molecule has 1 rings (SSSR count). The minimum Gasteiger partial charge on any atom is -0.480 e. The Bertz CT molecular complexity index is 1410. The summed E-state index contributed by atoms with van der Waals surface area (Å²) in [5.74, 6) is -4.32. The highest BCUT2D eigenvalue weighted by Crippen LogP contribution is 2.19. The van der Waals surface area contributed by atoms with Crippen molar-refractivity contribution in [1.29, 1.82) is 0 Å². The lowest BCUT2D eigenvalue weighted by atomic mass is 9.91. The van der Waals surface area contributed by atoms with E-state index in [2.05, 4.69) is 42.5 Å². The molecular formula is C39H65BrN8O7. The van der Waals surface area contributed by atoms with Gasteiger partial charge in [-0.2, -0.15) is 0 Å². The van der Waals surface area contributed by atoms with Crippen molar-refractivity contribution in [3.8, 4) is 0 Å². The third kappa shape index (κ3) is 19.0. The molecule has 0 saturated carbocycles. The third-order valence-corrected chi connectivity index (χ3v) is 9.58. The molecule has 5 amide bonds. The molecule has 0 aliphatic rings. The molecular weight excluding hydrogens is 772 g/mol. The number of halogens is 1. The summed E-state index contributed by atoms with van der Waals surface area (Å²) in [7, 11) is 0. The molecule has 0 heterocycles. The zero-order chi connectivity index (χ0) is 41.6. The van der Waals surface area contributed by atoms with Crippen molar-refractivity contribution in [2.45, 2.75) is 141 Å². The van der Waals surface area contributed by atoms with Gasteiger partial charge in [-0.15, -0.1) is 0 Å². The van der Waals surface area contributed by atoms with Crippen molar-refractivity contribution in [2.24, 2.45) is 23.1 Å². The quantitative estimate of drug-likeness (QED) is 0.0461. The first kappa shape index (κ1) is 49.2. The second-order valence-corrected chi connectivity index (χ2v) is 15.6. The Labute approximate surface area is 334 Å². The van der Waals surface area contributed by atoms with Crippen LogP contribution in [0.4, 0.5) is 0 Å². The van der Waals surface area contributed by atoms with Gasteiger partial charge in [-0.05, 0) is 122 Å². The van der Waals surface area contributed by atoms with E-state index in [0.717, 1.165) is 4.47 Å². The predicted molar refractivity (Wildman–Crippen MR) is 217 cm³/mol. The Hall–Kier alpha value is -3.86. The minimum atomic E-state index is -1.57. The van der Waals surface area contributed by atoms with E-state index < -0.39 is 71.3 Å². The maximum atomic E-state index is 14.3. The van der Waals surface area contributed by atoms with Crippen molar-refractivity contribution < 1.29 is 33.9 Å². The summed E-state index contributed by atoms with van der Waals surface area (Å²) in [6.07, 6.45) is 7.98. The summed E-state index contributed by atoms with van der Waals surface area (Å²) in [4.78, 5) is 80.4. The van der Waals surface area contributed by atoms with E-state index in [0.29, 0.717) is 57.2 Å². The molecule has 12 N–H and O–H groups in total. The number of carboxylic acids is 1. The van der Waals surface area contributed by atoms with Crippen molar-refractivity contribution in [2.75, 3.05) is 13.1 Å². The second-order valence-electron chi connectivity index (χ2n) is 14.6. The van der Waals surface area contributed by atoms with Crippen molar-refractivity contribution in [3.05, 3.63) is 46.5 Å². The van der Waals surface area contributed by atoms with Gasteiger partial charge in [0.25, 0.3) is 0 Å². The Morgan fingerprint density at radius 3 is 1.80 bits per heavy atom. The van der Waals surface area contributed by atoms with Crippen LogP contribution in [-0.4, -0.2) is 89.4 Å². The van der Waals surface area contributed by atoms with Crippen LogP contribution in [0.3, 0.4) is 0 Å². The van der Waals surface area contributed by atoms with Crippen LogP contribution >= 0.6 is 15.9 Å². The lowest BCUT2D eigenvalue weighted by Gasteiger charge is -2.34. The van der Waals surface area contributed by atoms with Gasteiger partial charge in [0.2, 0.25) is 29.5 Å². The number of hydrogen-bond acceptors (Lipinski definition) is 9. The van der Waals surface area contributed by atoms with Crippen LogP contribution in [0.2, 0.25) is 0 Å². The highest BCUT2D eigenvalue weighted by Gasteiger charge is 2.39. The van der Waals surface area contributed by atoms with Crippen LogP contribution in [0.15, 0.2) is 40.9 Å². The number of nitrogens with one attached hydrogen (secondary N) is 5. The molecule has 0 fully saturated rings. The first-order valence-electron chi connectivity index (χ1n) is 19.3. The summed E-state index contributed by atoms with van der Waals surface area (Å²) in [6, 6.07) is 1.83. The molecule has 1 unspecified atom stereocenters. The topological polar surface area (TPSA) is 261 Å². The number of nitrogens with two attached hydrogens (primary N) is 3. The zero-order valence-electron chi connectivity index (χ0n) is 33.1. The van der Waals surface area contributed by atoms with Crippen LogP contribution in [-0.2, 0) is 35.2 Å². The summed E-state index contributed by atoms with van der Waals surface area (Å²) in [5, 5.41) is 23.6. The fourth-order valence-electron chi connectivity index (χ4n) is 5.78. The largest absolute Gasteiger partial charge is 0.480 e. The fourth-order valence-corrected chi connectivity index (χ4v) is 6.04. The van der Waals surface area contributed by atoms with E-state index in [-0.39, 0.29) is 38.0 Å². The molecule has 0 saturated heterocycles. The smallest absolute Gasteiger partial charge is 0.326 e. The number of benzene rings is 1. The number of rotatable bonds is 27. The molecule has 16 heteroatoms.